The van der Waals surface area contributed by atoms with Crippen molar-refractivity contribution in [3.8, 4) is 0 Å². The molecule has 0 saturated carbocycles. The highest BCUT2D eigenvalue weighted by Crippen LogP contribution is 2.23. The standard InChI is InChI=1S/C12H20N2O2/c15-12(11-4-2-8-16-11)14-7-6-13-5-1-3-10(13)9-14/h10-11H,1-9H2. The second-order valence-electron chi connectivity index (χ2n) is 5.12. The number of carbonyl (C=O) groups is 1. The monoisotopic (exact) mass is 224 g/mol. The molecule has 2 unspecified atom stereocenters. The van der Waals surface area contributed by atoms with Crippen molar-refractivity contribution in [2.45, 2.75) is 37.8 Å². The van der Waals surface area contributed by atoms with Gasteiger partial charge in [0.2, 0.25) is 0 Å². The molecule has 3 saturated heterocycles. The molecule has 3 aliphatic heterocycles. The van der Waals surface area contributed by atoms with E-state index in [1.807, 2.05) is 4.90 Å². The molecule has 4 heteroatoms. The van der Waals surface area contributed by atoms with Gasteiger partial charge >= 0.3 is 0 Å². The molecule has 3 aliphatic rings. The van der Waals surface area contributed by atoms with Gasteiger partial charge in [-0.25, -0.2) is 0 Å². The van der Waals surface area contributed by atoms with Crippen LogP contribution in [0.4, 0.5) is 0 Å². The highest BCUT2D eigenvalue weighted by atomic mass is 16.5. The first-order valence-corrected chi connectivity index (χ1v) is 6.49. The van der Waals surface area contributed by atoms with Crippen LogP contribution in [0.2, 0.25) is 0 Å². The second-order valence-corrected chi connectivity index (χ2v) is 5.12. The van der Waals surface area contributed by atoms with Gasteiger partial charge in [0.05, 0.1) is 0 Å². The lowest BCUT2D eigenvalue weighted by Crippen LogP contribution is -2.54. The number of piperazine rings is 1. The van der Waals surface area contributed by atoms with Crippen molar-refractivity contribution >= 4 is 5.91 Å². The van der Waals surface area contributed by atoms with Gasteiger partial charge in [-0.3, -0.25) is 9.69 Å². The number of ether oxygens (including phenoxy) is 1. The van der Waals surface area contributed by atoms with E-state index in [4.69, 9.17) is 4.74 Å². The molecule has 0 aliphatic carbocycles. The van der Waals surface area contributed by atoms with E-state index in [2.05, 4.69) is 4.90 Å². The maximum Gasteiger partial charge on any atom is 0.251 e. The molecule has 3 fully saturated rings. The number of rotatable bonds is 1. The Morgan fingerprint density at radius 1 is 1.12 bits per heavy atom. The summed E-state index contributed by atoms with van der Waals surface area (Å²) >= 11 is 0. The van der Waals surface area contributed by atoms with E-state index in [1.54, 1.807) is 0 Å². The Bertz CT molecular complexity index is 276. The lowest BCUT2D eigenvalue weighted by Gasteiger charge is -2.38. The predicted molar refractivity (Wildman–Crippen MR) is 60.1 cm³/mol. The molecule has 0 aromatic rings. The fraction of sp³-hybridized carbons (Fsp3) is 0.917. The Morgan fingerprint density at radius 3 is 2.88 bits per heavy atom. The van der Waals surface area contributed by atoms with Gasteiger partial charge in [0.1, 0.15) is 6.10 Å². The number of amides is 1. The SMILES string of the molecule is O=C(C1CCCO1)N1CCN2CCCC2C1. The molecule has 3 rings (SSSR count). The molecule has 0 bridgehead atoms. The third kappa shape index (κ3) is 1.84. The normalized spacial score (nSPS) is 35.4. The van der Waals surface area contributed by atoms with E-state index in [0.29, 0.717) is 6.04 Å². The minimum atomic E-state index is -0.132. The molecule has 16 heavy (non-hydrogen) atoms. The van der Waals surface area contributed by atoms with Crippen molar-refractivity contribution in [1.82, 2.24) is 9.80 Å². The molecular weight excluding hydrogens is 204 g/mol. The van der Waals surface area contributed by atoms with Crippen molar-refractivity contribution < 1.29 is 9.53 Å². The van der Waals surface area contributed by atoms with Crippen molar-refractivity contribution in [2.24, 2.45) is 0 Å². The van der Waals surface area contributed by atoms with Crippen molar-refractivity contribution in [1.29, 1.82) is 0 Å². The van der Waals surface area contributed by atoms with Crippen LogP contribution in [0.1, 0.15) is 25.7 Å². The van der Waals surface area contributed by atoms with E-state index in [0.717, 1.165) is 39.1 Å². The Balaban J connectivity index is 1.60. The Hall–Kier alpha value is -0.610. The maximum atomic E-state index is 12.2. The smallest absolute Gasteiger partial charge is 0.251 e. The van der Waals surface area contributed by atoms with Gasteiger partial charge in [0.15, 0.2) is 0 Å². The van der Waals surface area contributed by atoms with Gasteiger partial charge in [0, 0.05) is 32.3 Å². The molecule has 1 amide bonds. The van der Waals surface area contributed by atoms with Gasteiger partial charge in [-0.2, -0.15) is 0 Å². The van der Waals surface area contributed by atoms with Crippen LogP contribution < -0.4 is 0 Å². The van der Waals surface area contributed by atoms with Crippen LogP contribution >= 0.6 is 0 Å². The number of fused-ring (bicyclic) bond motifs is 1. The summed E-state index contributed by atoms with van der Waals surface area (Å²) in [5.74, 6) is 0.240. The third-order valence-electron chi connectivity index (χ3n) is 4.10. The summed E-state index contributed by atoms with van der Waals surface area (Å²) in [6, 6.07) is 0.624. The van der Waals surface area contributed by atoms with Crippen LogP contribution in [0.3, 0.4) is 0 Å². The summed E-state index contributed by atoms with van der Waals surface area (Å²) in [6.45, 7) is 4.88. The fourth-order valence-electron chi connectivity index (χ4n) is 3.17. The van der Waals surface area contributed by atoms with Crippen LogP contribution in [-0.4, -0.2) is 60.6 Å². The minimum absolute atomic E-state index is 0.132. The summed E-state index contributed by atoms with van der Waals surface area (Å²) in [6.07, 6.45) is 4.39. The number of hydrogen-bond donors (Lipinski definition) is 0. The van der Waals surface area contributed by atoms with Crippen LogP contribution in [0.15, 0.2) is 0 Å². The van der Waals surface area contributed by atoms with E-state index >= 15 is 0 Å². The quantitative estimate of drug-likeness (QED) is 0.649. The maximum absolute atomic E-state index is 12.2. The van der Waals surface area contributed by atoms with Crippen LogP contribution in [-0.2, 0) is 9.53 Å². The zero-order valence-electron chi connectivity index (χ0n) is 9.73. The average molecular weight is 224 g/mol. The van der Waals surface area contributed by atoms with Crippen molar-refractivity contribution in [2.75, 3.05) is 32.8 Å². The summed E-state index contributed by atoms with van der Waals surface area (Å²) in [5.41, 5.74) is 0. The van der Waals surface area contributed by atoms with Gasteiger partial charge < -0.3 is 9.64 Å². The molecule has 0 aromatic heterocycles. The summed E-state index contributed by atoms with van der Waals surface area (Å²) in [4.78, 5) is 16.7. The average Bonchev–Trinajstić information content (AvgIpc) is 2.98. The molecule has 0 spiro atoms. The lowest BCUT2D eigenvalue weighted by atomic mass is 10.1. The Morgan fingerprint density at radius 2 is 2.06 bits per heavy atom. The third-order valence-corrected chi connectivity index (χ3v) is 4.10. The fourth-order valence-corrected chi connectivity index (χ4v) is 3.17. The summed E-state index contributed by atoms with van der Waals surface area (Å²) in [7, 11) is 0. The summed E-state index contributed by atoms with van der Waals surface area (Å²) in [5, 5.41) is 0. The number of hydrogen-bond acceptors (Lipinski definition) is 3. The van der Waals surface area contributed by atoms with Crippen molar-refractivity contribution in [3.63, 3.8) is 0 Å². The molecule has 0 aromatic carbocycles. The Labute approximate surface area is 96.5 Å². The van der Waals surface area contributed by atoms with E-state index in [9.17, 15) is 4.79 Å². The molecule has 0 N–H and O–H groups in total. The minimum Gasteiger partial charge on any atom is -0.368 e. The second kappa shape index (κ2) is 4.34. The number of nitrogens with zero attached hydrogens (tertiary/aromatic N) is 2. The molecule has 2 atom stereocenters. The van der Waals surface area contributed by atoms with Crippen LogP contribution in [0.5, 0.6) is 0 Å². The first-order valence-electron chi connectivity index (χ1n) is 6.49. The first-order chi connectivity index (χ1) is 7.84. The molecule has 3 heterocycles. The van der Waals surface area contributed by atoms with Gasteiger partial charge in [0.25, 0.3) is 5.91 Å². The van der Waals surface area contributed by atoms with Gasteiger partial charge in [-0.05, 0) is 32.2 Å². The highest BCUT2D eigenvalue weighted by Gasteiger charge is 2.35. The lowest BCUT2D eigenvalue weighted by molar-refractivity contribution is -0.143. The number of carbonyl (C=O) groups excluding carboxylic acids is 1. The van der Waals surface area contributed by atoms with Gasteiger partial charge in [-0.1, -0.05) is 0 Å². The first kappa shape index (κ1) is 10.5. The molecular formula is C12H20N2O2. The van der Waals surface area contributed by atoms with Crippen molar-refractivity contribution in [3.05, 3.63) is 0 Å². The largest absolute Gasteiger partial charge is 0.368 e. The topological polar surface area (TPSA) is 32.8 Å². The van der Waals surface area contributed by atoms with E-state index in [-0.39, 0.29) is 12.0 Å². The van der Waals surface area contributed by atoms with Crippen LogP contribution in [0, 0.1) is 0 Å². The molecule has 0 radical (unpaired) electrons. The van der Waals surface area contributed by atoms with Crippen LogP contribution in [0.25, 0.3) is 0 Å². The van der Waals surface area contributed by atoms with E-state index < -0.39 is 0 Å². The molecule has 90 valence electrons. The van der Waals surface area contributed by atoms with E-state index in [1.165, 1.54) is 19.4 Å². The molecule has 4 nitrogen and oxygen atoms in total. The highest BCUT2D eigenvalue weighted by molar-refractivity contribution is 5.81. The zero-order chi connectivity index (χ0) is 11.0. The predicted octanol–water partition coefficient (Wildman–Crippen LogP) is 0.472. The zero-order valence-corrected chi connectivity index (χ0v) is 9.73. The Kier molecular flexibility index (Phi) is 2.86. The van der Waals surface area contributed by atoms with Gasteiger partial charge in [-0.15, -0.1) is 0 Å². The summed E-state index contributed by atoms with van der Waals surface area (Å²) < 4.78 is 5.47.